The van der Waals surface area contributed by atoms with Gasteiger partial charge < -0.3 is 15.1 Å². The molecule has 0 unspecified atom stereocenters. The van der Waals surface area contributed by atoms with E-state index in [1.807, 2.05) is 0 Å². The van der Waals surface area contributed by atoms with Crippen LogP contribution in [0.4, 0.5) is 9.93 Å². The van der Waals surface area contributed by atoms with Crippen molar-refractivity contribution in [2.45, 2.75) is 32.6 Å². The molecule has 1 aliphatic heterocycles. The molecule has 1 fully saturated rings. The zero-order chi connectivity index (χ0) is 16.1. The number of carbonyl (C=O) groups is 2. The van der Waals surface area contributed by atoms with Crippen LogP contribution < -0.4 is 5.32 Å². The second kappa shape index (κ2) is 7.53. The number of piperidine rings is 1. The normalized spacial score (nSPS) is 18.1. The van der Waals surface area contributed by atoms with Gasteiger partial charge in [0, 0.05) is 33.6 Å². The molecule has 1 atom stereocenters. The summed E-state index contributed by atoms with van der Waals surface area (Å²) in [6.45, 7) is 3.25. The number of nitrogens with one attached hydrogen (secondary N) is 1. The zero-order valence-electron chi connectivity index (χ0n) is 13.3. The van der Waals surface area contributed by atoms with Gasteiger partial charge in [0.2, 0.25) is 11.0 Å². The summed E-state index contributed by atoms with van der Waals surface area (Å²) in [4.78, 5) is 27.6. The topological polar surface area (TPSA) is 78.4 Å². The minimum absolute atomic E-state index is 0.0429. The first-order valence-corrected chi connectivity index (χ1v) is 8.42. The van der Waals surface area contributed by atoms with Crippen LogP contribution in [0.1, 0.15) is 31.2 Å². The second-order valence-corrected chi connectivity index (χ2v) is 6.76. The van der Waals surface area contributed by atoms with Crippen LogP contribution in [0, 0.1) is 5.92 Å². The highest BCUT2D eigenvalue weighted by atomic mass is 32.1. The summed E-state index contributed by atoms with van der Waals surface area (Å²) in [5.74, 6) is -0.258. The molecule has 2 rings (SSSR count). The molecule has 0 spiro atoms. The molecule has 0 saturated carbocycles. The highest BCUT2D eigenvalue weighted by Crippen LogP contribution is 2.21. The highest BCUT2D eigenvalue weighted by molar-refractivity contribution is 7.15. The Kier molecular flexibility index (Phi) is 5.70. The maximum absolute atomic E-state index is 12.3. The van der Waals surface area contributed by atoms with Gasteiger partial charge in [0.25, 0.3) is 0 Å². The molecule has 7 nitrogen and oxygen atoms in total. The van der Waals surface area contributed by atoms with E-state index >= 15 is 0 Å². The quantitative estimate of drug-likeness (QED) is 0.916. The van der Waals surface area contributed by atoms with Crippen LogP contribution in [-0.4, -0.2) is 59.1 Å². The molecule has 1 aromatic heterocycles. The largest absolute Gasteiger partial charge is 0.331 e. The first-order valence-electron chi connectivity index (χ1n) is 7.60. The lowest BCUT2D eigenvalue weighted by molar-refractivity contribution is -0.121. The van der Waals surface area contributed by atoms with Gasteiger partial charge in [-0.25, -0.2) is 4.79 Å². The Hall–Kier alpha value is -1.70. The molecule has 1 saturated heterocycles. The number of urea groups is 1. The lowest BCUT2D eigenvalue weighted by Gasteiger charge is -2.33. The summed E-state index contributed by atoms with van der Waals surface area (Å²) >= 11 is 1.42. The van der Waals surface area contributed by atoms with Crippen molar-refractivity contribution in [1.82, 2.24) is 20.0 Å². The molecule has 22 heavy (non-hydrogen) atoms. The van der Waals surface area contributed by atoms with Gasteiger partial charge in [-0.1, -0.05) is 18.3 Å². The lowest BCUT2D eigenvalue weighted by atomic mass is 9.97. The molecule has 8 heteroatoms. The molecule has 0 radical (unpaired) electrons. The Balaban J connectivity index is 1.92. The first kappa shape index (κ1) is 16.7. The molecule has 0 bridgehead atoms. The summed E-state index contributed by atoms with van der Waals surface area (Å²) in [5, 5.41) is 12.4. The van der Waals surface area contributed by atoms with E-state index < -0.39 is 0 Å². The third-order valence-corrected chi connectivity index (χ3v) is 4.50. The van der Waals surface area contributed by atoms with E-state index in [2.05, 4.69) is 22.4 Å². The standard InChI is InChI=1S/C14H23N5O2S/c1-4-6-11-16-17-13(22-11)15-12(20)10-7-5-8-19(9-10)14(21)18(2)3/h10H,4-9H2,1-3H3,(H,15,17,20)/t10-/m1/s1. The third kappa shape index (κ3) is 4.16. The van der Waals surface area contributed by atoms with Crippen molar-refractivity contribution < 1.29 is 9.59 Å². The fraction of sp³-hybridized carbons (Fsp3) is 0.714. The monoisotopic (exact) mass is 325 g/mol. The van der Waals surface area contributed by atoms with Gasteiger partial charge in [-0.2, -0.15) is 0 Å². The summed E-state index contributed by atoms with van der Waals surface area (Å²) in [7, 11) is 3.45. The van der Waals surface area contributed by atoms with E-state index in [4.69, 9.17) is 0 Å². The van der Waals surface area contributed by atoms with Crippen LogP contribution in [0.25, 0.3) is 0 Å². The molecule has 0 aromatic carbocycles. The summed E-state index contributed by atoms with van der Waals surface area (Å²) in [6, 6.07) is -0.0429. The Bertz CT molecular complexity index is 531. The van der Waals surface area contributed by atoms with Crippen LogP contribution in [0.3, 0.4) is 0 Å². The average molecular weight is 325 g/mol. The zero-order valence-corrected chi connectivity index (χ0v) is 14.2. The molecular formula is C14H23N5O2S. The molecule has 3 amide bonds. The molecule has 1 aliphatic rings. The van der Waals surface area contributed by atoms with Gasteiger partial charge in [0.15, 0.2) is 0 Å². The first-order chi connectivity index (χ1) is 10.5. The minimum atomic E-state index is -0.184. The molecule has 1 aromatic rings. The number of aromatic nitrogens is 2. The number of hydrogen-bond donors (Lipinski definition) is 1. The predicted octanol–water partition coefficient (Wildman–Crippen LogP) is 1.82. The van der Waals surface area contributed by atoms with Gasteiger partial charge in [0.05, 0.1) is 5.92 Å². The SMILES string of the molecule is CCCc1nnc(NC(=O)[C@@H]2CCCN(C(=O)N(C)C)C2)s1. The number of hydrogen-bond acceptors (Lipinski definition) is 5. The third-order valence-electron chi connectivity index (χ3n) is 3.61. The molecule has 0 aliphatic carbocycles. The van der Waals surface area contributed by atoms with Crippen LogP contribution in [-0.2, 0) is 11.2 Å². The minimum Gasteiger partial charge on any atom is -0.331 e. The second-order valence-electron chi connectivity index (χ2n) is 5.70. The van der Waals surface area contributed by atoms with Crippen LogP contribution >= 0.6 is 11.3 Å². The predicted molar refractivity (Wildman–Crippen MR) is 85.9 cm³/mol. The van der Waals surface area contributed by atoms with Crippen molar-refractivity contribution in [3.8, 4) is 0 Å². The molecule has 2 heterocycles. The number of aryl methyl sites for hydroxylation is 1. The van der Waals surface area contributed by atoms with Gasteiger partial charge in [-0.15, -0.1) is 10.2 Å². The van der Waals surface area contributed by atoms with Gasteiger partial charge in [0.1, 0.15) is 5.01 Å². The van der Waals surface area contributed by atoms with Gasteiger partial charge in [-0.05, 0) is 19.3 Å². The van der Waals surface area contributed by atoms with Crippen LogP contribution in [0.15, 0.2) is 0 Å². The van der Waals surface area contributed by atoms with E-state index in [0.717, 1.165) is 30.7 Å². The number of nitrogens with zero attached hydrogens (tertiary/aromatic N) is 4. The van der Waals surface area contributed by atoms with Crippen molar-refractivity contribution >= 4 is 28.4 Å². The van der Waals surface area contributed by atoms with Gasteiger partial charge >= 0.3 is 6.03 Å². The summed E-state index contributed by atoms with van der Waals surface area (Å²) in [5.41, 5.74) is 0. The van der Waals surface area contributed by atoms with E-state index in [1.54, 1.807) is 23.9 Å². The summed E-state index contributed by atoms with van der Waals surface area (Å²) < 4.78 is 0. The Morgan fingerprint density at radius 1 is 1.41 bits per heavy atom. The maximum Gasteiger partial charge on any atom is 0.319 e. The van der Waals surface area contributed by atoms with E-state index in [0.29, 0.717) is 18.2 Å². The summed E-state index contributed by atoms with van der Waals surface area (Å²) in [6.07, 6.45) is 3.52. The highest BCUT2D eigenvalue weighted by Gasteiger charge is 2.29. The number of rotatable bonds is 4. The van der Waals surface area contributed by atoms with Crippen molar-refractivity contribution in [3.63, 3.8) is 0 Å². The van der Waals surface area contributed by atoms with Crippen molar-refractivity contribution in [1.29, 1.82) is 0 Å². The smallest absolute Gasteiger partial charge is 0.319 e. The Labute approximate surface area is 134 Å². The Morgan fingerprint density at radius 3 is 2.86 bits per heavy atom. The number of carbonyl (C=O) groups excluding carboxylic acids is 2. The average Bonchev–Trinajstić information content (AvgIpc) is 2.94. The molecular weight excluding hydrogens is 302 g/mol. The molecule has 1 N–H and O–H groups in total. The van der Waals surface area contributed by atoms with Crippen molar-refractivity contribution in [3.05, 3.63) is 5.01 Å². The number of amides is 3. The lowest BCUT2D eigenvalue weighted by Crippen LogP contribution is -2.47. The fourth-order valence-corrected chi connectivity index (χ4v) is 3.32. The molecule has 122 valence electrons. The number of likely N-dealkylation sites (tertiary alicyclic amines) is 1. The van der Waals surface area contributed by atoms with E-state index in [9.17, 15) is 9.59 Å². The van der Waals surface area contributed by atoms with Crippen molar-refractivity contribution in [2.75, 3.05) is 32.5 Å². The van der Waals surface area contributed by atoms with Crippen molar-refractivity contribution in [2.24, 2.45) is 5.92 Å². The van der Waals surface area contributed by atoms with Crippen LogP contribution in [0.2, 0.25) is 0 Å². The maximum atomic E-state index is 12.3. The fourth-order valence-electron chi connectivity index (χ4n) is 2.47. The van der Waals surface area contributed by atoms with Crippen LogP contribution in [0.5, 0.6) is 0 Å². The Morgan fingerprint density at radius 2 is 2.18 bits per heavy atom. The number of anilines is 1. The van der Waals surface area contributed by atoms with Gasteiger partial charge in [-0.3, -0.25) is 4.79 Å². The van der Waals surface area contributed by atoms with E-state index in [-0.39, 0.29) is 17.9 Å². The van der Waals surface area contributed by atoms with E-state index in [1.165, 1.54) is 11.3 Å².